The molecule has 126 valence electrons. The van der Waals surface area contributed by atoms with Crippen LogP contribution in [-0.4, -0.2) is 59.1 Å². The Labute approximate surface area is 143 Å². The summed E-state index contributed by atoms with van der Waals surface area (Å²) in [5.74, 6) is 0.725. The molecule has 1 heterocycles. The summed E-state index contributed by atoms with van der Waals surface area (Å²) in [6.07, 6.45) is 0.934. The third-order valence-corrected chi connectivity index (χ3v) is 4.91. The molecule has 1 aliphatic carbocycles. The van der Waals surface area contributed by atoms with Crippen LogP contribution in [0.5, 0.6) is 0 Å². The van der Waals surface area contributed by atoms with Crippen molar-refractivity contribution in [1.82, 2.24) is 9.80 Å². The molecule has 0 radical (unpaired) electrons. The van der Waals surface area contributed by atoms with Crippen LogP contribution in [0, 0.1) is 5.92 Å². The first-order chi connectivity index (χ1) is 10.8. The van der Waals surface area contributed by atoms with Crippen LogP contribution in [0.1, 0.15) is 31.7 Å². The molecule has 23 heavy (non-hydrogen) atoms. The smallest absolute Gasteiger partial charge is 0.226 e. The van der Waals surface area contributed by atoms with Gasteiger partial charge >= 0.3 is 0 Å². The number of benzene rings is 1. The summed E-state index contributed by atoms with van der Waals surface area (Å²) in [6.45, 7) is 7.49. The van der Waals surface area contributed by atoms with Gasteiger partial charge in [0.25, 0.3) is 0 Å². The van der Waals surface area contributed by atoms with Gasteiger partial charge in [-0.2, -0.15) is 0 Å². The van der Waals surface area contributed by atoms with E-state index >= 15 is 0 Å². The minimum absolute atomic E-state index is 0.120. The van der Waals surface area contributed by atoms with Crippen LogP contribution in [0.15, 0.2) is 24.3 Å². The average Bonchev–Trinajstić information content (AvgIpc) is 3.26. The molecule has 1 aliphatic heterocycles. The average molecular weight is 337 g/mol. The summed E-state index contributed by atoms with van der Waals surface area (Å²) in [7, 11) is 0. The van der Waals surface area contributed by atoms with Gasteiger partial charge < -0.3 is 10.0 Å². The number of carbonyl (C=O) groups excluding carboxylic acids is 1. The van der Waals surface area contributed by atoms with E-state index in [1.165, 1.54) is 5.56 Å². The zero-order valence-corrected chi connectivity index (χ0v) is 14.6. The normalized spacial score (nSPS) is 25.5. The van der Waals surface area contributed by atoms with Gasteiger partial charge in [0.2, 0.25) is 5.91 Å². The molecule has 5 heteroatoms. The lowest BCUT2D eigenvalue weighted by atomic mass is 10.1. The Morgan fingerprint density at radius 1 is 1.30 bits per heavy atom. The first-order valence-corrected chi connectivity index (χ1v) is 8.70. The maximum atomic E-state index is 12.6. The first kappa shape index (κ1) is 16.7. The fourth-order valence-electron chi connectivity index (χ4n) is 3.48. The lowest BCUT2D eigenvalue weighted by molar-refractivity contribution is -0.134. The maximum Gasteiger partial charge on any atom is 0.226 e. The molecule has 3 rings (SSSR count). The number of β-amino-alcohol motifs (C(OH)–C–C–N with tert-alkyl or cyclic N) is 1. The van der Waals surface area contributed by atoms with Crippen LogP contribution < -0.4 is 0 Å². The van der Waals surface area contributed by atoms with Gasteiger partial charge in [0.15, 0.2) is 0 Å². The Bertz CT molecular complexity index is 577. The van der Waals surface area contributed by atoms with Gasteiger partial charge in [0.1, 0.15) is 0 Å². The topological polar surface area (TPSA) is 43.8 Å². The number of hydrogen-bond acceptors (Lipinski definition) is 3. The molecule has 1 amide bonds. The van der Waals surface area contributed by atoms with Gasteiger partial charge in [-0.3, -0.25) is 9.69 Å². The van der Waals surface area contributed by atoms with E-state index in [1.54, 1.807) is 0 Å². The molecular weight excluding hydrogens is 312 g/mol. The highest BCUT2D eigenvalue weighted by Crippen LogP contribution is 2.48. The van der Waals surface area contributed by atoms with Gasteiger partial charge in [-0.15, -0.1) is 0 Å². The zero-order chi connectivity index (χ0) is 16.6. The second kappa shape index (κ2) is 6.42. The second-order valence-electron chi connectivity index (χ2n) is 7.42. The highest BCUT2D eigenvalue weighted by atomic mass is 35.5. The van der Waals surface area contributed by atoms with Crippen molar-refractivity contribution in [3.05, 3.63) is 34.9 Å². The summed E-state index contributed by atoms with van der Waals surface area (Å²) >= 11 is 6.04. The summed E-state index contributed by atoms with van der Waals surface area (Å²) in [4.78, 5) is 16.9. The quantitative estimate of drug-likeness (QED) is 0.918. The van der Waals surface area contributed by atoms with E-state index in [0.717, 1.165) is 37.6 Å². The molecule has 1 saturated carbocycles. The van der Waals surface area contributed by atoms with Crippen LogP contribution in [0.25, 0.3) is 0 Å². The van der Waals surface area contributed by atoms with Crippen molar-refractivity contribution in [2.45, 2.75) is 31.8 Å². The Balaban J connectivity index is 1.51. The van der Waals surface area contributed by atoms with Gasteiger partial charge in [0, 0.05) is 43.7 Å². The van der Waals surface area contributed by atoms with Crippen LogP contribution in [0.3, 0.4) is 0 Å². The molecule has 2 atom stereocenters. The molecule has 1 saturated heterocycles. The Morgan fingerprint density at radius 3 is 2.61 bits per heavy atom. The first-order valence-electron chi connectivity index (χ1n) is 8.32. The van der Waals surface area contributed by atoms with Crippen molar-refractivity contribution in [2.24, 2.45) is 5.92 Å². The van der Waals surface area contributed by atoms with Crippen LogP contribution >= 0.6 is 11.6 Å². The number of piperazine rings is 1. The third kappa shape index (κ3) is 4.25. The number of amides is 1. The third-order valence-electron chi connectivity index (χ3n) is 4.68. The molecule has 0 aromatic heterocycles. The zero-order valence-electron chi connectivity index (χ0n) is 13.8. The Morgan fingerprint density at radius 2 is 2.00 bits per heavy atom. The molecule has 0 spiro atoms. The van der Waals surface area contributed by atoms with Crippen LogP contribution in [0.4, 0.5) is 0 Å². The molecule has 1 aromatic carbocycles. The summed E-state index contributed by atoms with van der Waals surface area (Å²) in [6, 6.07) is 7.85. The number of halogens is 1. The van der Waals surface area contributed by atoms with E-state index in [9.17, 15) is 9.90 Å². The number of nitrogens with zero attached hydrogens (tertiary/aromatic N) is 2. The minimum Gasteiger partial charge on any atom is -0.389 e. The Hall–Kier alpha value is -1.10. The van der Waals surface area contributed by atoms with E-state index in [1.807, 2.05) is 36.9 Å². The largest absolute Gasteiger partial charge is 0.389 e. The number of aliphatic hydroxyl groups is 1. The van der Waals surface area contributed by atoms with E-state index in [2.05, 4.69) is 11.0 Å². The molecule has 2 aliphatic rings. The lowest BCUT2D eigenvalue weighted by Crippen LogP contribution is -2.52. The van der Waals surface area contributed by atoms with Gasteiger partial charge in [-0.05, 0) is 43.9 Å². The van der Waals surface area contributed by atoms with Crippen molar-refractivity contribution in [3.63, 3.8) is 0 Å². The number of rotatable bonds is 4. The second-order valence-corrected chi connectivity index (χ2v) is 7.85. The minimum atomic E-state index is -0.680. The van der Waals surface area contributed by atoms with Gasteiger partial charge in [-0.25, -0.2) is 0 Å². The molecular formula is C18H25ClN2O2. The van der Waals surface area contributed by atoms with Crippen molar-refractivity contribution >= 4 is 17.5 Å². The molecule has 1 aromatic rings. The van der Waals surface area contributed by atoms with E-state index < -0.39 is 5.60 Å². The fraction of sp³-hybridized carbons (Fsp3) is 0.611. The molecule has 0 bridgehead atoms. The van der Waals surface area contributed by atoms with Crippen molar-refractivity contribution < 1.29 is 9.90 Å². The molecule has 4 nitrogen and oxygen atoms in total. The number of hydrogen-bond donors (Lipinski definition) is 1. The summed E-state index contributed by atoms with van der Waals surface area (Å²) in [5.41, 5.74) is 0.497. The van der Waals surface area contributed by atoms with Crippen molar-refractivity contribution in [1.29, 1.82) is 0 Å². The monoisotopic (exact) mass is 336 g/mol. The summed E-state index contributed by atoms with van der Waals surface area (Å²) in [5, 5.41) is 10.6. The van der Waals surface area contributed by atoms with E-state index in [-0.39, 0.29) is 11.8 Å². The molecule has 0 unspecified atom stereocenters. The van der Waals surface area contributed by atoms with Gasteiger partial charge in [0.05, 0.1) is 5.60 Å². The highest BCUT2D eigenvalue weighted by molar-refractivity contribution is 6.30. The maximum absolute atomic E-state index is 12.6. The SMILES string of the molecule is CC(C)(O)CN1CCN(C(=O)[C@@H]2C[C@H]2c2cccc(Cl)c2)CC1. The van der Waals surface area contributed by atoms with Crippen molar-refractivity contribution in [2.75, 3.05) is 32.7 Å². The highest BCUT2D eigenvalue weighted by Gasteiger charge is 2.46. The molecule has 2 fully saturated rings. The van der Waals surface area contributed by atoms with Crippen molar-refractivity contribution in [3.8, 4) is 0 Å². The van der Waals surface area contributed by atoms with Crippen LogP contribution in [-0.2, 0) is 4.79 Å². The van der Waals surface area contributed by atoms with E-state index in [4.69, 9.17) is 11.6 Å². The fourth-order valence-corrected chi connectivity index (χ4v) is 3.68. The number of carbonyl (C=O) groups is 1. The van der Waals surface area contributed by atoms with Crippen LogP contribution in [0.2, 0.25) is 5.02 Å². The lowest BCUT2D eigenvalue weighted by Gasteiger charge is -2.37. The summed E-state index contributed by atoms with van der Waals surface area (Å²) < 4.78 is 0. The molecule has 1 N–H and O–H groups in total. The predicted octanol–water partition coefficient (Wildman–Crippen LogP) is 2.36. The Kier molecular flexibility index (Phi) is 4.68. The van der Waals surface area contributed by atoms with E-state index in [0.29, 0.717) is 12.5 Å². The standard InChI is InChI=1S/C18H25ClN2O2/c1-18(2,23)12-20-6-8-21(9-7-20)17(22)16-11-15(16)13-4-3-5-14(19)10-13/h3-5,10,15-16,23H,6-9,11-12H2,1-2H3/t15-,16+/m0/s1. The predicted molar refractivity (Wildman–Crippen MR) is 91.6 cm³/mol. The van der Waals surface area contributed by atoms with Gasteiger partial charge in [-0.1, -0.05) is 23.7 Å².